The van der Waals surface area contributed by atoms with Gasteiger partial charge in [-0.15, -0.1) is 0 Å². The van der Waals surface area contributed by atoms with E-state index in [1.165, 1.54) is 0 Å². The molecule has 2 aromatic rings. The molecule has 0 heterocycles. The van der Waals surface area contributed by atoms with Crippen molar-refractivity contribution in [2.45, 2.75) is 26.3 Å². The van der Waals surface area contributed by atoms with Crippen LogP contribution >= 0.6 is 0 Å². The second kappa shape index (κ2) is 6.14. The Kier molecular flexibility index (Phi) is 4.50. The van der Waals surface area contributed by atoms with E-state index in [0.29, 0.717) is 17.5 Å². The van der Waals surface area contributed by atoms with Crippen LogP contribution in [0, 0.1) is 25.5 Å². The van der Waals surface area contributed by atoms with E-state index >= 15 is 0 Å². The maximum Gasteiger partial charge on any atom is 0.163 e. The SMILES string of the molecule is CNC(Cc1ccccc1C)c1ccc(C)c(F)c1F. The summed E-state index contributed by atoms with van der Waals surface area (Å²) in [6.07, 6.45) is 0.628. The molecule has 0 saturated heterocycles. The standard InChI is InChI=1S/C17H19F2N/c1-11-6-4-5-7-13(11)10-15(20-3)14-9-8-12(2)16(18)17(14)19/h4-9,15,20H,10H2,1-3H3. The molecule has 0 aliphatic carbocycles. The van der Waals surface area contributed by atoms with E-state index in [0.717, 1.165) is 11.1 Å². The topological polar surface area (TPSA) is 12.0 Å². The fourth-order valence-corrected chi connectivity index (χ4v) is 2.36. The predicted molar refractivity (Wildman–Crippen MR) is 77.8 cm³/mol. The third kappa shape index (κ3) is 2.88. The lowest BCUT2D eigenvalue weighted by molar-refractivity contribution is 0.469. The zero-order valence-corrected chi connectivity index (χ0v) is 12.0. The number of aryl methyl sites for hydroxylation is 2. The van der Waals surface area contributed by atoms with Gasteiger partial charge >= 0.3 is 0 Å². The van der Waals surface area contributed by atoms with Crippen molar-refractivity contribution in [2.24, 2.45) is 0 Å². The maximum absolute atomic E-state index is 14.1. The van der Waals surface area contributed by atoms with Crippen molar-refractivity contribution < 1.29 is 8.78 Å². The smallest absolute Gasteiger partial charge is 0.163 e. The summed E-state index contributed by atoms with van der Waals surface area (Å²) in [5.74, 6) is -1.51. The number of nitrogens with one attached hydrogen (secondary N) is 1. The molecular formula is C17H19F2N. The van der Waals surface area contributed by atoms with E-state index in [1.54, 1.807) is 26.1 Å². The van der Waals surface area contributed by atoms with Crippen LogP contribution < -0.4 is 5.32 Å². The average Bonchev–Trinajstić information content (AvgIpc) is 2.45. The molecule has 1 N–H and O–H groups in total. The molecule has 0 aliphatic heterocycles. The summed E-state index contributed by atoms with van der Waals surface area (Å²) in [5, 5.41) is 3.07. The molecule has 1 nitrogen and oxygen atoms in total. The summed E-state index contributed by atoms with van der Waals surface area (Å²) < 4.78 is 27.8. The summed E-state index contributed by atoms with van der Waals surface area (Å²) in [5.41, 5.74) is 2.99. The highest BCUT2D eigenvalue weighted by molar-refractivity contribution is 5.32. The Balaban J connectivity index is 2.34. The van der Waals surface area contributed by atoms with Gasteiger partial charge in [-0.3, -0.25) is 0 Å². The molecule has 0 amide bonds. The Morgan fingerprint density at radius 3 is 2.30 bits per heavy atom. The summed E-state index contributed by atoms with van der Waals surface area (Å²) >= 11 is 0. The highest BCUT2D eigenvalue weighted by atomic mass is 19.2. The van der Waals surface area contributed by atoms with Gasteiger partial charge in [0.2, 0.25) is 0 Å². The monoisotopic (exact) mass is 275 g/mol. The van der Waals surface area contributed by atoms with E-state index in [2.05, 4.69) is 5.32 Å². The van der Waals surface area contributed by atoms with Crippen LogP contribution in [0.4, 0.5) is 8.78 Å². The van der Waals surface area contributed by atoms with Crippen LogP contribution in [0.3, 0.4) is 0 Å². The zero-order chi connectivity index (χ0) is 14.7. The average molecular weight is 275 g/mol. The van der Waals surface area contributed by atoms with Crippen molar-refractivity contribution in [3.8, 4) is 0 Å². The first-order chi connectivity index (χ1) is 9.54. The number of hydrogen-bond donors (Lipinski definition) is 1. The van der Waals surface area contributed by atoms with Gasteiger partial charge in [-0.25, -0.2) is 8.78 Å². The second-order valence-corrected chi connectivity index (χ2v) is 5.07. The number of likely N-dealkylation sites (N-methyl/N-ethyl adjacent to an activating group) is 1. The van der Waals surface area contributed by atoms with Gasteiger partial charge in [0.05, 0.1) is 0 Å². The number of benzene rings is 2. The minimum absolute atomic E-state index is 0.244. The fraction of sp³-hybridized carbons (Fsp3) is 0.294. The molecular weight excluding hydrogens is 256 g/mol. The summed E-state index contributed by atoms with van der Waals surface area (Å²) in [6, 6.07) is 11.0. The molecule has 20 heavy (non-hydrogen) atoms. The third-order valence-corrected chi connectivity index (χ3v) is 3.71. The molecule has 0 aromatic heterocycles. The van der Waals surface area contributed by atoms with E-state index in [9.17, 15) is 8.78 Å². The van der Waals surface area contributed by atoms with Crippen LogP contribution in [0.5, 0.6) is 0 Å². The lowest BCUT2D eigenvalue weighted by atomic mass is 9.95. The van der Waals surface area contributed by atoms with Gasteiger partial charge in [-0.1, -0.05) is 36.4 Å². The zero-order valence-electron chi connectivity index (χ0n) is 12.0. The first-order valence-corrected chi connectivity index (χ1v) is 6.71. The molecule has 3 heteroatoms. The van der Waals surface area contributed by atoms with Gasteiger partial charge in [-0.2, -0.15) is 0 Å². The van der Waals surface area contributed by atoms with Crippen LogP contribution in [-0.4, -0.2) is 7.05 Å². The van der Waals surface area contributed by atoms with Gasteiger partial charge in [-0.05, 0) is 44.0 Å². The minimum atomic E-state index is -0.757. The van der Waals surface area contributed by atoms with Crippen molar-refractivity contribution in [1.82, 2.24) is 5.32 Å². The molecule has 0 fully saturated rings. The number of hydrogen-bond acceptors (Lipinski definition) is 1. The van der Waals surface area contributed by atoms with Crippen LogP contribution in [-0.2, 0) is 6.42 Å². The Hall–Kier alpha value is -1.74. The Morgan fingerprint density at radius 2 is 1.65 bits per heavy atom. The van der Waals surface area contributed by atoms with Crippen molar-refractivity contribution in [3.05, 3.63) is 70.3 Å². The van der Waals surface area contributed by atoms with Crippen LogP contribution in [0.15, 0.2) is 36.4 Å². The quantitative estimate of drug-likeness (QED) is 0.886. The molecule has 0 radical (unpaired) electrons. The molecule has 0 saturated carbocycles. The van der Waals surface area contributed by atoms with Crippen molar-refractivity contribution in [2.75, 3.05) is 7.05 Å². The van der Waals surface area contributed by atoms with Gasteiger partial charge < -0.3 is 5.32 Å². The number of halogens is 2. The molecule has 2 rings (SSSR count). The van der Waals surface area contributed by atoms with E-state index in [4.69, 9.17) is 0 Å². The van der Waals surface area contributed by atoms with Gasteiger partial charge in [0.15, 0.2) is 11.6 Å². The minimum Gasteiger partial charge on any atom is -0.313 e. The molecule has 1 unspecified atom stereocenters. The molecule has 0 aliphatic rings. The molecule has 1 atom stereocenters. The third-order valence-electron chi connectivity index (χ3n) is 3.71. The van der Waals surface area contributed by atoms with E-state index in [-0.39, 0.29) is 6.04 Å². The molecule has 0 bridgehead atoms. The van der Waals surface area contributed by atoms with Crippen molar-refractivity contribution in [3.63, 3.8) is 0 Å². The van der Waals surface area contributed by atoms with Crippen molar-refractivity contribution in [1.29, 1.82) is 0 Å². The summed E-state index contributed by atoms with van der Waals surface area (Å²) in [7, 11) is 1.76. The lowest BCUT2D eigenvalue weighted by Crippen LogP contribution is -2.21. The first-order valence-electron chi connectivity index (χ1n) is 6.71. The van der Waals surface area contributed by atoms with Gasteiger partial charge in [0.25, 0.3) is 0 Å². The van der Waals surface area contributed by atoms with Crippen LogP contribution in [0.1, 0.15) is 28.3 Å². The van der Waals surface area contributed by atoms with Crippen LogP contribution in [0.2, 0.25) is 0 Å². The normalized spacial score (nSPS) is 12.4. The molecule has 106 valence electrons. The Morgan fingerprint density at radius 1 is 0.950 bits per heavy atom. The Labute approximate surface area is 118 Å². The summed E-state index contributed by atoms with van der Waals surface area (Å²) in [4.78, 5) is 0. The lowest BCUT2D eigenvalue weighted by Gasteiger charge is -2.19. The van der Waals surface area contributed by atoms with Gasteiger partial charge in [0, 0.05) is 11.6 Å². The maximum atomic E-state index is 14.1. The summed E-state index contributed by atoms with van der Waals surface area (Å²) in [6.45, 7) is 3.59. The van der Waals surface area contributed by atoms with Crippen molar-refractivity contribution >= 4 is 0 Å². The predicted octanol–water partition coefficient (Wildman–Crippen LogP) is 4.08. The fourth-order valence-electron chi connectivity index (χ4n) is 2.36. The molecule has 0 spiro atoms. The largest absolute Gasteiger partial charge is 0.313 e. The molecule has 2 aromatic carbocycles. The Bertz CT molecular complexity index is 608. The van der Waals surface area contributed by atoms with E-state index < -0.39 is 11.6 Å². The van der Waals surface area contributed by atoms with Crippen LogP contribution in [0.25, 0.3) is 0 Å². The highest BCUT2D eigenvalue weighted by Gasteiger charge is 2.19. The second-order valence-electron chi connectivity index (χ2n) is 5.07. The first kappa shape index (κ1) is 14.7. The highest BCUT2D eigenvalue weighted by Crippen LogP contribution is 2.25. The van der Waals surface area contributed by atoms with Gasteiger partial charge in [0.1, 0.15) is 0 Å². The van der Waals surface area contributed by atoms with E-state index in [1.807, 2.05) is 31.2 Å². The number of rotatable bonds is 4.